The van der Waals surface area contributed by atoms with Gasteiger partial charge in [-0.2, -0.15) is 0 Å². The Morgan fingerprint density at radius 2 is 1.58 bits per heavy atom. The van der Waals surface area contributed by atoms with E-state index in [1.54, 1.807) is 0 Å². The van der Waals surface area contributed by atoms with E-state index in [4.69, 9.17) is 25.5 Å². The fourth-order valence-electron chi connectivity index (χ4n) is 1.41. The van der Waals surface area contributed by atoms with Gasteiger partial charge in [0.15, 0.2) is 0 Å². The molecule has 110 valence electrons. The first-order valence-corrected chi connectivity index (χ1v) is 5.73. The van der Waals surface area contributed by atoms with Crippen LogP contribution < -0.4 is 11.1 Å². The maximum absolute atomic E-state index is 10.4. The highest BCUT2D eigenvalue weighted by Crippen LogP contribution is 1.97. The monoisotopic (exact) mass is 276 g/mol. The molecule has 19 heavy (non-hydrogen) atoms. The molecular formula is C10H20N4O5. The third-order valence-electron chi connectivity index (χ3n) is 2.51. The third kappa shape index (κ3) is 9.80. The highest BCUT2D eigenvalue weighted by atomic mass is 16.4. The minimum absolute atomic E-state index is 0.436. The van der Waals surface area contributed by atoms with Crippen LogP contribution in [-0.2, 0) is 9.59 Å². The molecule has 0 aromatic heterocycles. The zero-order valence-electron chi connectivity index (χ0n) is 10.8. The van der Waals surface area contributed by atoms with Gasteiger partial charge in [0, 0.05) is 39.3 Å². The SMILES string of the molecule is CN1CCN(CCNC(N)=O)CC1.O=C(O)C(=O)O. The zero-order valence-corrected chi connectivity index (χ0v) is 10.8. The molecule has 0 saturated carbocycles. The molecule has 9 nitrogen and oxygen atoms in total. The average Bonchev–Trinajstić information content (AvgIpc) is 2.32. The van der Waals surface area contributed by atoms with Crippen molar-refractivity contribution < 1.29 is 24.6 Å². The molecule has 1 aliphatic rings. The van der Waals surface area contributed by atoms with Crippen molar-refractivity contribution in [3.8, 4) is 0 Å². The van der Waals surface area contributed by atoms with Crippen molar-refractivity contribution in [3.63, 3.8) is 0 Å². The zero-order chi connectivity index (χ0) is 14.8. The molecule has 0 aromatic carbocycles. The number of hydrogen-bond acceptors (Lipinski definition) is 5. The summed E-state index contributed by atoms with van der Waals surface area (Å²) in [5.74, 6) is -3.65. The normalized spacial score (nSPS) is 16.1. The van der Waals surface area contributed by atoms with Gasteiger partial charge in [0.1, 0.15) is 0 Å². The van der Waals surface area contributed by atoms with Crippen LogP contribution in [0.1, 0.15) is 0 Å². The van der Waals surface area contributed by atoms with Crippen LogP contribution in [-0.4, -0.2) is 84.3 Å². The predicted octanol–water partition coefficient (Wildman–Crippen LogP) is -1.94. The van der Waals surface area contributed by atoms with Crippen molar-refractivity contribution in [2.24, 2.45) is 5.73 Å². The van der Waals surface area contributed by atoms with Gasteiger partial charge in [-0.05, 0) is 7.05 Å². The highest BCUT2D eigenvalue weighted by Gasteiger charge is 2.12. The molecular weight excluding hydrogens is 256 g/mol. The molecule has 1 aliphatic heterocycles. The molecule has 1 heterocycles. The first-order chi connectivity index (χ1) is 8.82. The molecule has 0 bridgehead atoms. The van der Waals surface area contributed by atoms with Gasteiger partial charge in [-0.25, -0.2) is 14.4 Å². The van der Waals surface area contributed by atoms with Crippen LogP contribution in [0.4, 0.5) is 4.79 Å². The van der Waals surface area contributed by atoms with Crippen molar-refractivity contribution in [2.75, 3.05) is 46.3 Å². The van der Waals surface area contributed by atoms with Crippen molar-refractivity contribution >= 4 is 18.0 Å². The van der Waals surface area contributed by atoms with E-state index in [9.17, 15) is 4.79 Å². The van der Waals surface area contributed by atoms with E-state index < -0.39 is 18.0 Å². The Morgan fingerprint density at radius 1 is 1.11 bits per heavy atom. The lowest BCUT2D eigenvalue weighted by atomic mass is 10.3. The lowest BCUT2D eigenvalue weighted by Crippen LogP contribution is -2.47. The number of nitrogens with zero attached hydrogens (tertiary/aromatic N) is 2. The Bertz CT molecular complexity index is 303. The summed E-state index contributed by atoms with van der Waals surface area (Å²) in [4.78, 5) is 33.2. The molecule has 1 rings (SSSR count). The Hall–Kier alpha value is -1.87. The van der Waals surface area contributed by atoms with E-state index in [0.717, 1.165) is 32.7 Å². The second-order valence-electron chi connectivity index (χ2n) is 4.05. The van der Waals surface area contributed by atoms with E-state index >= 15 is 0 Å². The second kappa shape index (κ2) is 9.11. The number of carboxylic acids is 2. The number of piperazine rings is 1. The van der Waals surface area contributed by atoms with Crippen LogP contribution in [0.3, 0.4) is 0 Å². The van der Waals surface area contributed by atoms with Gasteiger partial charge in [0.05, 0.1) is 0 Å². The van der Waals surface area contributed by atoms with E-state index in [-0.39, 0.29) is 0 Å². The topological polar surface area (TPSA) is 136 Å². The van der Waals surface area contributed by atoms with Gasteiger partial charge in [0.2, 0.25) is 0 Å². The number of nitrogens with one attached hydrogen (secondary N) is 1. The standard InChI is InChI=1S/C8H18N4O.C2H2O4/c1-11-4-6-12(7-5-11)3-2-10-8(9)13;3-1(4)2(5)6/h2-7H2,1H3,(H3,9,10,13);(H,3,4)(H,5,6). The number of rotatable bonds is 3. The van der Waals surface area contributed by atoms with Gasteiger partial charge in [-0.15, -0.1) is 0 Å². The van der Waals surface area contributed by atoms with Crippen molar-refractivity contribution in [2.45, 2.75) is 0 Å². The van der Waals surface area contributed by atoms with Gasteiger partial charge in [0.25, 0.3) is 0 Å². The molecule has 0 spiro atoms. The van der Waals surface area contributed by atoms with Crippen molar-refractivity contribution in [1.29, 1.82) is 0 Å². The average molecular weight is 276 g/mol. The Kier molecular flexibility index (Phi) is 8.22. The molecule has 0 atom stereocenters. The number of hydrogen-bond donors (Lipinski definition) is 4. The number of carbonyl (C=O) groups excluding carboxylic acids is 1. The van der Waals surface area contributed by atoms with Crippen LogP contribution >= 0.6 is 0 Å². The number of likely N-dealkylation sites (N-methyl/N-ethyl adjacent to an activating group) is 1. The summed E-state index contributed by atoms with van der Waals surface area (Å²) in [6, 6.07) is -0.436. The quantitative estimate of drug-likeness (QED) is 0.440. The maximum Gasteiger partial charge on any atom is 0.414 e. The molecule has 0 aromatic rings. The second-order valence-corrected chi connectivity index (χ2v) is 4.05. The summed E-state index contributed by atoms with van der Waals surface area (Å²) >= 11 is 0. The Labute approximate surface area is 111 Å². The number of nitrogens with two attached hydrogens (primary N) is 1. The Balaban J connectivity index is 0.000000459. The third-order valence-corrected chi connectivity index (χ3v) is 2.51. The summed E-state index contributed by atoms with van der Waals surface area (Å²) in [5.41, 5.74) is 4.95. The molecule has 1 saturated heterocycles. The van der Waals surface area contributed by atoms with E-state index in [0.29, 0.717) is 6.54 Å². The van der Waals surface area contributed by atoms with Crippen LogP contribution in [0.5, 0.6) is 0 Å². The van der Waals surface area contributed by atoms with Crippen molar-refractivity contribution in [1.82, 2.24) is 15.1 Å². The first kappa shape index (κ1) is 17.1. The van der Waals surface area contributed by atoms with Crippen LogP contribution in [0.25, 0.3) is 0 Å². The van der Waals surface area contributed by atoms with Crippen LogP contribution in [0.2, 0.25) is 0 Å². The largest absolute Gasteiger partial charge is 0.473 e. The smallest absolute Gasteiger partial charge is 0.414 e. The molecule has 0 radical (unpaired) electrons. The number of amides is 2. The summed E-state index contributed by atoms with van der Waals surface area (Å²) in [7, 11) is 2.12. The molecule has 9 heteroatoms. The molecule has 1 fully saturated rings. The molecule has 2 amide bonds. The number of urea groups is 1. The van der Waals surface area contributed by atoms with Crippen LogP contribution in [0.15, 0.2) is 0 Å². The lowest BCUT2D eigenvalue weighted by molar-refractivity contribution is -0.159. The molecule has 0 unspecified atom stereocenters. The van der Waals surface area contributed by atoms with Crippen molar-refractivity contribution in [3.05, 3.63) is 0 Å². The van der Waals surface area contributed by atoms with Gasteiger partial charge < -0.3 is 26.2 Å². The molecule has 0 aliphatic carbocycles. The summed E-state index contributed by atoms with van der Waals surface area (Å²) < 4.78 is 0. The van der Waals surface area contributed by atoms with E-state index in [2.05, 4.69) is 22.2 Å². The summed E-state index contributed by atoms with van der Waals surface area (Å²) in [6.45, 7) is 5.93. The lowest BCUT2D eigenvalue weighted by Gasteiger charge is -2.32. The maximum atomic E-state index is 10.4. The number of primary amides is 1. The van der Waals surface area contributed by atoms with Gasteiger partial charge in [-0.3, -0.25) is 4.90 Å². The minimum atomic E-state index is -1.82. The minimum Gasteiger partial charge on any atom is -0.473 e. The van der Waals surface area contributed by atoms with Gasteiger partial charge >= 0.3 is 18.0 Å². The number of carbonyl (C=O) groups is 3. The fraction of sp³-hybridized carbons (Fsp3) is 0.700. The fourth-order valence-corrected chi connectivity index (χ4v) is 1.41. The summed E-state index contributed by atoms with van der Waals surface area (Å²) in [5, 5.41) is 17.4. The first-order valence-electron chi connectivity index (χ1n) is 5.73. The Morgan fingerprint density at radius 3 is 1.95 bits per heavy atom. The number of aliphatic carboxylic acids is 2. The van der Waals surface area contributed by atoms with Gasteiger partial charge in [-0.1, -0.05) is 0 Å². The van der Waals surface area contributed by atoms with E-state index in [1.807, 2.05) is 0 Å². The summed E-state index contributed by atoms with van der Waals surface area (Å²) in [6.07, 6.45) is 0. The number of carboxylic acid groups (broad SMARTS) is 2. The van der Waals surface area contributed by atoms with E-state index in [1.165, 1.54) is 0 Å². The predicted molar refractivity (Wildman–Crippen MR) is 66.8 cm³/mol. The highest BCUT2D eigenvalue weighted by molar-refractivity contribution is 6.27. The van der Waals surface area contributed by atoms with Crippen LogP contribution in [0, 0.1) is 0 Å². The molecule has 5 N–H and O–H groups in total.